The van der Waals surface area contributed by atoms with Crippen LogP contribution in [0.3, 0.4) is 0 Å². The summed E-state index contributed by atoms with van der Waals surface area (Å²) in [6, 6.07) is 6.73. The van der Waals surface area contributed by atoms with Crippen LogP contribution in [-0.2, 0) is 6.54 Å². The fourth-order valence-electron chi connectivity index (χ4n) is 2.78. The predicted molar refractivity (Wildman–Crippen MR) is 81.0 cm³/mol. The summed E-state index contributed by atoms with van der Waals surface area (Å²) in [5.41, 5.74) is 9.57. The average Bonchev–Trinajstić information content (AvgIpc) is 2.39. The monoisotopic (exact) mass is 276 g/mol. The van der Waals surface area contributed by atoms with Crippen LogP contribution in [0, 0.1) is 13.8 Å². The van der Waals surface area contributed by atoms with E-state index < -0.39 is 0 Å². The van der Waals surface area contributed by atoms with Crippen LogP contribution in [-0.4, -0.2) is 53.6 Å². The van der Waals surface area contributed by atoms with Crippen LogP contribution in [0.15, 0.2) is 23.4 Å². The maximum Gasteiger partial charge on any atom is 0.153 e. The van der Waals surface area contributed by atoms with Gasteiger partial charge in [0.25, 0.3) is 0 Å². The molecule has 0 unspecified atom stereocenters. The molecule has 1 aliphatic heterocycles. The number of piperazine rings is 1. The van der Waals surface area contributed by atoms with Crippen molar-refractivity contribution < 1.29 is 5.21 Å². The third-order valence-corrected chi connectivity index (χ3v) is 3.67. The molecule has 0 radical (unpaired) electrons. The summed E-state index contributed by atoms with van der Waals surface area (Å²) < 4.78 is 0. The molecular weight excluding hydrogens is 252 g/mol. The van der Waals surface area contributed by atoms with Gasteiger partial charge in [-0.1, -0.05) is 34.5 Å². The number of hydrogen-bond acceptors (Lipinski definition) is 4. The van der Waals surface area contributed by atoms with E-state index in [0.717, 1.165) is 32.7 Å². The van der Waals surface area contributed by atoms with Gasteiger partial charge in [0.15, 0.2) is 5.84 Å². The van der Waals surface area contributed by atoms with E-state index in [1.807, 2.05) is 0 Å². The van der Waals surface area contributed by atoms with Gasteiger partial charge >= 0.3 is 0 Å². The number of aryl methyl sites for hydroxylation is 2. The van der Waals surface area contributed by atoms with Gasteiger partial charge in [-0.25, -0.2) is 0 Å². The summed E-state index contributed by atoms with van der Waals surface area (Å²) >= 11 is 0. The minimum atomic E-state index is 0.285. The van der Waals surface area contributed by atoms with E-state index in [1.165, 1.54) is 16.7 Å². The molecule has 0 aliphatic carbocycles. The molecule has 1 aliphatic rings. The molecule has 2 rings (SSSR count). The van der Waals surface area contributed by atoms with Crippen molar-refractivity contribution in [1.82, 2.24) is 9.80 Å². The van der Waals surface area contributed by atoms with Crippen LogP contribution >= 0.6 is 0 Å². The molecule has 110 valence electrons. The minimum absolute atomic E-state index is 0.285. The molecule has 5 nitrogen and oxygen atoms in total. The van der Waals surface area contributed by atoms with Crippen molar-refractivity contribution in [3.8, 4) is 0 Å². The van der Waals surface area contributed by atoms with Gasteiger partial charge in [-0.3, -0.25) is 9.80 Å². The number of nitrogens with zero attached hydrogens (tertiary/aromatic N) is 3. The van der Waals surface area contributed by atoms with E-state index in [4.69, 9.17) is 10.9 Å². The Morgan fingerprint density at radius 2 is 1.65 bits per heavy atom. The van der Waals surface area contributed by atoms with Crippen molar-refractivity contribution in [3.05, 3.63) is 34.9 Å². The predicted octanol–water partition coefficient (Wildman–Crippen LogP) is 1.17. The zero-order valence-corrected chi connectivity index (χ0v) is 12.3. The molecule has 0 spiro atoms. The Morgan fingerprint density at radius 3 is 2.20 bits per heavy atom. The summed E-state index contributed by atoms with van der Waals surface area (Å²) in [6.45, 7) is 9.80. The number of rotatable bonds is 4. The number of nitrogens with two attached hydrogens (primary N) is 1. The Labute approximate surface area is 120 Å². The molecule has 20 heavy (non-hydrogen) atoms. The zero-order chi connectivity index (χ0) is 14.5. The smallest absolute Gasteiger partial charge is 0.153 e. The van der Waals surface area contributed by atoms with E-state index in [0.29, 0.717) is 6.54 Å². The first-order chi connectivity index (χ1) is 9.56. The van der Waals surface area contributed by atoms with Crippen molar-refractivity contribution in [3.63, 3.8) is 0 Å². The van der Waals surface area contributed by atoms with Crippen molar-refractivity contribution in [2.45, 2.75) is 20.4 Å². The lowest BCUT2D eigenvalue weighted by molar-refractivity contribution is 0.139. The van der Waals surface area contributed by atoms with Crippen molar-refractivity contribution in [1.29, 1.82) is 0 Å². The lowest BCUT2D eigenvalue weighted by atomic mass is 10.1. The first kappa shape index (κ1) is 14.8. The van der Waals surface area contributed by atoms with Crippen molar-refractivity contribution in [2.24, 2.45) is 10.9 Å². The maximum atomic E-state index is 8.59. The second-order valence-corrected chi connectivity index (χ2v) is 5.64. The van der Waals surface area contributed by atoms with E-state index in [9.17, 15) is 0 Å². The van der Waals surface area contributed by atoms with Crippen LogP contribution < -0.4 is 5.73 Å². The summed E-state index contributed by atoms with van der Waals surface area (Å²) in [5, 5.41) is 11.6. The Hall–Kier alpha value is -1.59. The Kier molecular flexibility index (Phi) is 4.98. The van der Waals surface area contributed by atoms with E-state index in [2.05, 4.69) is 47.0 Å². The number of oxime groups is 1. The molecule has 0 saturated carbocycles. The highest BCUT2D eigenvalue weighted by atomic mass is 16.4. The van der Waals surface area contributed by atoms with Gasteiger partial charge in [-0.15, -0.1) is 0 Å². The zero-order valence-electron chi connectivity index (χ0n) is 12.3. The van der Waals surface area contributed by atoms with Gasteiger partial charge in [-0.2, -0.15) is 0 Å². The highest BCUT2D eigenvalue weighted by Gasteiger charge is 2.17. The third-order valence-electron chi connectivity index (χ3n) is 3.67. The molecule has 0 bridgehead atoms. The van der Waals surface area contributed by atoms with E-state index in [-0.39, 0.29) is 5.84 Å². The van der Waals surface area contributed by atoms with Crippen LogP contribution in [0.2, 0.25) is 0 Å². The fourth-order valence-corrected chi connectivity index (χ4v) is 2.78. The summed E-state index contributed by atoms with van der Waals surface area (Å²) in [5.74, 6) is 0.285. The molecular formula is C15H24N4O. The Morgan fingerprint density at radius 1 is 1.10 bits per heavy atom. The molecule has 0 aromatic heterocycles. The second kappa shape index (κ2) is 6.72. The van der Waals surface area contributed by atoms with Crippen LogP contribution in [0.1, 0.15) is 16.7 Å². The summed E-state index contributed by atoms with van der Waals surface area (Å²) in [6.07, 6.45) is 0. The van der Waals surface area contributed by atoms with Crippen LogP contribution in [0.4, 0.5) is 0 Å². The molecule has 1 fully saturated rings. The normalized spacial score (nSPS) is 18.4. The van der Waals surface area contributed by atoms with Gasteiger partial charge in [0.2, 0.25) is 0 Å². The van der Waals surface area contributed by atoms with Gasteiger partial charge < -0.3 is 10.9 Å². The van der Waals surface area contributed by atoms with Gasteiger partial charge in [0.05, 0.1) is 6.54 Å². The lowest BCUT2D eigenvalue weighted by Crippen LogP contribution is -2.48. The van der Waals surface area contributed by atoms with E-state index in [1.54, 1.807) is 0 Å². The van der Waals surface area contributed by atoms with Gasteiger partial charge in [-0.05, 0) is 19.4 Å². The number of amidine groups is 1. The molecule has 5 heteroatoms. The molecule has 1 heterocycles. The highest BCUT2D eigenvalue weighted by molar-refractivity contribution is 5.81. The topological polar surface area (TPSA) is 65.1 Å². The first-order valence-electron chi connectivity index (χ1n) is 7.05. The number of hydrogen-bond donors (Lipinski definition) is 2. The highest BCUT2D eigenvalue weighted by Crippen LogP contribution is 2.13. The molecule has 3 N–H and O–H groups in total. The van der Waals surface area contributed by atoms with Crippen molar-refractivity contribution >= 4 is 5.84 Å². The standard InChI is InChI=1S/C15H24N4O/c1-12-7-13(2)9-14(8-12)10-18-3-5-19(6-4-18)11-15(16)17-20/h7-9,20H,3-6,10-11H2,1-2H3,(H2,16,17). The SMILES string of the molecule is Cc1cc(C)cc(CN2CCN(CC(N)=NO)CC2)c1. The number of benzene rings is 1. The fraction of sp³-hybridized carbons (Fsp3) is 0.533. The molecule has 0 atom stereocenters. The minimum Gasteiger partial charge on any atom is -0.409 e. The third kappa shape index (κ3) is 4.21. The Bertz CT molecular complexity index is 459. The largest absolute Gasteiger partial charge is 0.409 e. The van der Waals surface area contributed by atoms with Crippen LogP contribution in [0.25, 0.3) is 0 Å². The molecule has 1 aromatic rings. The molecule has 1 aromatic carbocycles. The first-order valence-corrected chi connectivity index (χ1v) is 7.05. The second-order valence-electron chi connectivity index (χ2n) is 5.64. The van der Waals surface area contributed by atoms with Crippen LogP contribution in [0.5, 0.6) is 0 Å². The van der Waals surface area contributed by atoms with Gasteiger partial charge in [0.1, 0.15) is 0 Å². The molecule has 0 amide bonds. The Balaban J connectivity index is 1.85. The maximum absolute atomic E-state index is 8.59. The average molecular weight is 276 g/mol. The lowest BCUT2D eigenvalue weighted by Gasteiger charge is -2.34. The summed E-state index contributed by atoms with van der Waals surface area (Å²) in [4.78, 5) is 4.67. The van der Waals surface area contributed by atoms with Crippen molar-refractivity contribution in [2.75, 3.05) is 32.7 Å². The molecule has 1 saturated heterocycles. The van der Waals surface area contributed by atoms with E-state index >= 15 is 0 Å². The quantitative estimate of drug-likeness (QED) is 0.375. The van der Waals surface area contributed by atoms with Gasteiger partial charge in [0, 0.05) is 32.7 Å². The summed E-state index contributed by atoms with van der Waals surface area (Å²) in [7, 11) is 0.